The van der Waals surface area contributed by atoms with Crippen LogP contribution in [0.3, 0.4) is 0 Å². The highest BCUT2D eigenvalue weighted by atomic mass is 16.5. The Bertz CT molecular complexity index is 670. The van der Waals surface area contributed by atoms with Crippen molar-refractivity contribution in [2.75, 3.05) is 13.7 Å². The van der Waals surface area contributed by atoms with E-state index in [1.165, 1.54) is 0 Å². The fraction of sp³-hybridized carbons (Fsp3) is 0.450. The molecule has 1 heterocycles. The smallest absolute Gasteiger partial charge is 0.161 e. The number of aliphatic hydroxyl groups is 1. The van der Waals surface area contributed by atoms with Crippen LogP contribution in [0, 0.1) is 0 Å². The van der Waals surface area contributed by atoms with Crippen LogP contribution in [0.15, 0.2) is 42.7 Å². The molecule has 0 spiro atoms. The molecule has 5 heteroatoms. The second-order valence-electron chi connectivity index (χ2n) is 6.66. The molecule has 0 unspecified atom stereocenters. The third-order valence-electron chi connectivity index (χ3n) is 4.69. The molecule has 1 saturated carbocycles. The van der Waals surface area contributed by atoms with Crippen LogP contribution >= 0.6 is 0 Å². The Balaban J connectivity index is 1.55. The summed E-state index contributed by atoms with van der Waals surface area (Å²) in [7, 11) is 1.65. The van der Waals surface area contributed by atoms with E-state index in [2.05, 4.69) is 10.3 Å². The highest BCUT2D eigenvalue weighted by molar-refractivity contribution is 5.43. The Kier molecular flexibility index (Phi) is 5.89. The van der Waals surface area contributed by atoms with Crippen molar-refractivity contribution in [3.63, 3.8) is 0 Å². The quantitative estimate of drug-likeness (QED) is 0.772. The molecule has 5 nitrogen and oxygen atoms in total. The first-order chi connectivity index (χ1) is 12.2. The number of ether oxygens (including phenoxy) is 2. The van der Waals surface area contributed by atoms with Gasteiger partial charge in [-0.25, -0.2) is 0 Å². The summed E-state index contributed by atoms with van der Waals surface area (Å²) < 4.78 is 11.3. The molecule has 0 bridgehead atoms. The number of rotatable bonds is 8. The number of pyridine rings is 1. The molecule has 3 rings (SSSR count). The molecule has 25 heavy (non-hydrogen) atoms. The van der Waals surface area contributed by atoms with Gasteiger partial charge in [0.05, 0.1) is 12.7 Å². The van der Waals surface area contributed by atoms with Gasteiger partial charge < -0.3 is 19.9 Å². The van der Waals surface area contributed by atoms with Crippen molar-refractivity contribution < 1.29 is 14.6 Å². The van der Waals surface area contributed by atoms with Crippen molar-refractivity contribution in [2.45, 2.75) is 44.4 Å². The van der Waals surface area contributed by atoms with Gasteiger partial charge in [-0.1, -0.05) is 18.9 Å². The Morgan fingerprint density at radius 3 is 2.56 bits per heavy atom. The predicted molar refractivity (Wildman–Crippen MR) is 96.7 cm³/mol. The summed E-state index contributed by atoms with van der Waals surface area (Å²) in [6.45, 7) is 1.81. The summed E-state index contributed by atoms with van der Waals surface area (Å²) in [5.41, 5.74) is 1.64. The van der Waals surface area contributed by atoms with Gasteiger partial charge in [0, 0.05) is 25.5 Å². The molecule has 1 fully saturated rings. The highest BCUT2D eigenvalue weighted by Crippen LogP contribution is 2.30. The second-order valence-corrected chi connectivity index (χ2v) is 6.66. The van der Waals surface area contributed by atoms with Gasteiger partial charge in [-0.3, -0.25) is 4.98 Å². The molecule has 2 N–H and O–H groups in total. The monoisotopic (exact) mass is 342 g/mol. The number of aromatic nitrogens is 1. The average Bonchev–Trinajstić information content (AvgIpc) is 3.08. The van der Waals surface area contributed by atoms with Crippen molar-refractivity contribution in [1.29, 1.82) is 0 Å². The number of nitrogens with one attached hydrogen (secondary N) is 1. The predicted octanol–water partition coefficient (Wildman–Crippen LogP) is 3.06. The lowest BCUT2D eigenvalue weighted by Crippen LogP contribution is -2.37. The molecule has 0 aliphatic heterocycles. The summed E-state index contributed by atoms with van der Waals surface area (Å²) in [5, 5.41) is 13.7. The van der Waals surface area contributed by atoms with Crippen molar-refractivity contribution >= 4 is 0 Å². The number of benzene rings is 1. The Hall–Kier alpha value is -2.11. The van der Waals surface area contributed by atoms with Crippen molar-refractivity contribution in [3.8, 4) is 11.5 Å². The maximum absolute atomic E-state index is 10.4. The SMILES string of the molecule is COc1cc(CNCC2(O)CCCC2)ccc1OCc1ccncc1. The summed E-state index contributed by atoms with van der Waals surface area (Å²) in [6, 6.07) is 9.79. The third kappa shape index (κ3) is 4.94. The van der Waals surface area contributed by atoms with Gasteiger partial charge in [-0.05, 0) is 48.2 Å². The van der Waals surface area contributed by atoms with E-state index in [-0.39, 0.29) is 0 Å². The second kappa shape index (κ2) is 8.32. The molecule has 0 atom stereocenters. The summed E-state index contributed by atoms with van der Waals surface area (Å²) in [4.78, 5) is 4.00. The zero-order chi connectivity index (χ0) is 17.5. The van der Waals surface area contributed by atoms with Gasteiger partial charge in [0.15, 0.2) is 11.5 Å². The zero-order valence-electron chi connectivity index (χ0n) is 14.7. The van der Waals surface area contributed by atoms with Crippen LogP contribution in [0.2, 0.25) is 0 Å². The number of methoxy groups -OCH3 is 1. The van der Waals surface area contributed by atoms with E-state index in [9.17, 15) is 5.11 Å². The summed E-state index contributed by atoms with van der Waals surface area (Å²) >= 11 is 0. The minimum absolute atomic E-state index is 0.476. The molecule has 1 aromatic heterocycles. The largest absolute Gasteiger partial charge is 0.493 e. The topological polar surface area (TPSA) is 63.6 Å². The van der Waals surface area contributed by atoms with Gasteiger partial charge in [-0.15, -0.1) is 0 Å². The van der Waals surface area contributed by atoms with E-state index < -0.39 is 5.60 Å². The zero-order valence-corrected chi connectivity index (χ0v) is 14.7. The van der Waals surface area contributed by atoms with Gasteiger partial charge in [0.2, 0.25) is 0 Å². The Labute approximate surface area is 149 Å². The lowest BCUT2D eigenvalue weighted by molar-refractivity contribution is 0.0475. The lowest BCUT2D eigenvalue weighted by Gasteiger charge is -2.22. The van der Waals surface area contributed by atoms with Gasteiger partial charge in [-0.2, -0.15) is 0 Å². The van der Waals surface area contributed by atoms with Crippen LogP contribution in [0.5, 0.6) is 11.5 Å². The first kappa shape index (κ1) is 17.7. The highest BCUT2D eigenvalue weighted by Gasteiger charge is 2.30. The van der Waals surface area contributed by atoms with Gasteiger partial charge >= 0.3 is 0 Å². The molecule has 1 aliphatic rings. The first-order valence-electron chi connectivity index (χ1n) is 8.80. The minimum atomic E-state index is -0.530. The van der Waals surface area contributed by atoms with E-state index in [1.807, 2.05) is 30.3 Å². The Morgan fingerprint density at radius 2 is 1.84 bits per heavy atom. The molecule has 134 valence electrons. The molecule has 0 saturated heterocycles. The third-order valence-corrected chi connectivity index (χ3v) is 4.69. The van der Waals surface area contributed by atoms with E-state index in [0.29, 0.717) is 25.4 Å². The molecular weight excluding hydrogens is 316 g/mol. The fourth-order valence-electron chi connectivity index (χ4n) is 3.23. The van der Waals surface area contributed by atoms with Crippen molar-refractivity contribution in [1.82, 2.24) is 10.3 Å². The normalized spacial score (nSPS) is 15.9. The van der Waals surface area contributed by atoms with Crippen molar-refractivity contribution in [2.24, 2.45) is 0 Å². The molecule has 0 radical (unpaired) electrons. The summed E-state index contributed by atoms with van der Waals surface area (Å²) in [6.07, 6.45) is 7.53. The standard InChI is InChI=1S/C20H26N2O3/c1-24-19-12-17(13-22-15-20(23)8-2-3-9-20)4-5-18(19)25-14-16-6-10-21-11-7-16/h4-7,10-12,22-23H,2-3,8-9,13-15H2,1H3. The van der Waals surface area contributed by atoms with Gasteiger partial charge in [0.1, 0.15) is 6.61 Å². The van der Waals surface area contributed by atoms with E-state index in [1.54, 1.807) is 19.5 Å². The minimum Gasteiger partial charge on any atom is -0.493 e. The maximum Gasteiger partial charge on any atom is 0.161 e. The number of hydrogen-bond donors (Lipinski definition) is 2. The summed E-state index contributed by atoms with van der Waals surface area (Å²) in [5.74, 6) is 1.44. The van der Waals surface area contributed by atoms with E-state index in [4.69, 9.17) is 9.47 Å². The van der Waals surface area contributed by atoms with E-state index in [0.717, 1.165) is 42.6 Å². The van der Waals surface area contributed by atoms with Crippen LogP contribution in [0.1, 0.15) is 36.8 Å². The Morgan fingerprint density at radius 1 is 1.08 bits per heavy atom. The number of hydrogen-bond acceptors (Lipinski definition) is 5. The van der Waals surface area contributed by atoms with Crippen LogP contribution in [0.4, 0.5) is 0 Å². The van der Waals surface area contributed by atoms with Crippen LogP contribution in [-0.4, -0.2) is 29.3 Å². The molecule has 0 amide bonds. The molecule has 1 aliphatic carbocycles. The van der Waals surface area contributed by atoms with Crippen LogP contribution in [0.25, 0.3) is 0 Å². The van der Waals surface area contributed by atoms with Crippen LogP contribution in [-0.2, 0) is 13.2 Å². The first-order valence-corrected chi connectivity index (χ1v) is 8.80. The van der Waals surface area contributed by atoms with E-state index >= 15 is 0 Å². The lowest BCUT2D eigenvalue weighted by atomic mass is 10.0. The molecule has 1 aromatic carbocycles. The molecule has 2 aromatic rings. The molecular formula is C20H26N2O3. The average molecular weight is 342 g/mol. The number of nitrogens with zero attached hydrogens (tertiary/aromatic N) is 1. The van der Waals surface area contributed by atoms with Gasteiger partial charge in [0.25, 0.3) is 0 Å². The maximum atomic E-state index is 10.4. The fourth-order valence-corrected chi connectivity index (χ4v) is 3.23. The van der Waals surface area contributed by atoms with Crippen LogP contribution < -0.4 is 14.8 Å². The van der Waals surface area contributed by atoms with Crippen molar-refractivity contribution in [3.05, 3.63) is 53.9 Å².